The number of sulfonamides is 1. The van der Waals surface area contributed by atoms with Gasteiger partial charge in [-0.2, -0.15) is 4.31 Å². The fourth-order valence-electron chi connectivity index (χ4n) is 1.07. The molecule has 6 heteroatoms. The molecule has 0 aliphatic rings. The molecule has 3 nitrogen and oxygen atoms in total. The van der Waals surface area contributed by atoms with E-state index in [1.165, 1.54) is 19.2 Å². The van der Waals surface area contributed by atoms with Crippen molar-refractivity contribution in [1.82, 2.24) is 4.31 Å². The van der Waals surface area contributed by atoms with Crippen molar-refractivity contribution in [1.29, 1.82) is 0 Å². The van der Waals surface area contributed by atoms with Gasteiger partial charge in [-0.05, 0) is 18.2 Å². The molecule has 0 heterocycles. The molecular weight excluding hydrogens is 314 g/mol. The Kier molecular flexibility index (Phi) is 4.39. The molecular formula is C10H9BrClNO2S. The number of halogens is 2. The molecule has 0 unspecified atom stereocenters. The Bertz CT molecular complexity index is 536. The quantitative estimate of drug-likeness (QED) is 0.801. The van der Waals surface area contributed by atoms with Crippen molar-refractivity contribution in [3.8, 4) is 12.3 Å². The third kappa shape index (κ3) is 2.77. The smallest absolute Gasteiger partial charge is 0.207 e. The fraction of sp³-hybridized carbons (Fsp3) is 0.200. The van der Waals surface area contributed by atoms with Crippen LogP contribution in [-0.4, -0.2) is 26.3 Å². The SMILES string of the molecule is C#CCN(C)S(=O)(=O)c1ccc(Br)cc1Cl. The second-order valence-electron chi connectivity index (χ2n) is 3.04. The van der Waals surface area contributed by atoms with Crippen molar-refractivity contribution in [3.05, 3.63) is 27.7 Å². The van der Waals surface area contributed by atoms with Crippen LogP contribution in [0.25, 0.3) is 0 Å². The maximum absolute atomic E-state index is 12.0. The van der Waals surface area contributed by atoms with Gasteiger partial charge in [0.05, 0.1) is 11.6 Å². The first-order valence-corrected chi connectivity index (χ1v) is 6.85. The van der Waals surface area contributed by atoms with E-state index in [0.717, 1.165) is 8.78 Å². The van der Waals surface area contributed by atoms with E-state index in [1.54, 1.807) is 6.07 Å². The molecule has 0 aliphatic heterocycles. The van der Waals surface area contributed by atoms with E-state index in [4.69, 9.17) is 18.0 Å². The summed E-state index contributed by atoms with van der Waals surface area (Å²) in [7, 11) is -2.20. The van der Waals surface area contributed by atoms with Gasteiger partial charge in [0.1, 0.15) is 4.90 Å². The summed E-state index contributed by atoms with van der Waals surface area (Å²) >= 11 is 9.08. The van der Waals surface area contributed by atoms with E-state index in [0.29, 0.717) is 0 Å². The molecule has 0 saturated heterocycles. The zero-order valence-electron chi connectivity index (χ0n) is 8.44. The first-order chi connectivity index (χ1) is 7.39. The molecule has 0 aliphatic carbocycles. The first-order valence-electron chi connectivity index (χ1n) is 4.24. The molecule has 1 rings (SSSR count). The maximum atomic E-state index is 12.0. The van der Waals surface area contributed by atoms with E-state index in [1.807, 2.05) is 0 Å². The number of nitrogens with zero attached hydrogens (tertiary/aromatic N) is 1. The second kappa shape index (κ2) is 5.19. The fourth-order valence-corrected chi connectivity index (χ4v) is 3.16. The van der Waals surface area contributed by atoms with E-state index in [-0.39, 0.29) is 16.5 Å². The Morgan fingerprint density at radius 1 is 1.56 bits per heavy atom. The van der Waals surface area contributed by atoms with Crippen molar-refractivity contribution in [2.45, 2.75) is 4.90 Å². The lowest BCUT2D eigenvalue weighted by Crippen LogP contribution is -2.27. The summed E-state index contributed by atoms with van der Waals surface area (Å²) in [5.74, 6) is 2.27. The standard InChI is InChI=1S/C10H9BrClNO2S/c1-3-6-13(2)16(14,15)10-5-4-8(11)7-9(10)12/h1,4-5,7H,6H2,2H3. The third-order valence-corrected chi connectivity index (χ3v) is 4.68. The Labute approximate surface area is 109 Å². The van der Waals surface area contributed by atoms with Crippen LogP contribution in [0.3, 0.4) is 0 Å². The molecule has 0 atom stereocenters. The summed E-state index contributed by atoms with van der Waals surface area (Å²) < 4.78 is 25.8. The number of benzene rings is 1. The Hall–Kier alpha value is -0.540. The van der Waals surface area contributed by atoms with E-state index < -0.39 is 10.0 Å². The Balaban J connectivity index is 3.23. The van der Waals surface area contributed by atoms with Gasteiger partial charge in [-0.1, -0.05) is 33.5 Å². The lowest BCUT2D eigenvalue weighted by atomic mass is 10.4. The summed E-state index contributed by atoms with van der Waals surface area (Å²) in [5.41, 5.74) is 0. The molecule has 0 fully saturated rings. The van der Waals surface area contributed by atoms with Gasteiger partial charge in [0, 0.05) is 11.5 Å². The predicted octanol–water partition coefficient (Wildman–Crippen LogP) is 2.36. The summed E-state index contributed by atoms with van der Waals surface area (Å²) in [6, 6.07) is 4.58. The molecule has 1 aromatic carbocycles. The normalized spacial score (nSPS) is 11.4. The Morgan fingerprint density at radius 2 is 2.19 bits per heavy atom. The van der Waals surface area contributed by atoms with Gasteiger partial charge in [0.2, 0.25) is 10.0 Å². The van der Waals surface area contributed by atoms with Crippen LogP contribution in [0.5, 0.6) is 0 Å². The van der Waals surface area contributed by atoms with E-state index >= 15 is 0 Å². The van der Waals surface area contributed by atoms with Gasteiger partial charge in [0.25, 0.3) is 0 Å². The van der Waals surface area contributed by atoms with Crippen LogP contribution in [0.15, 0.2) is 27.6 Å². The minimum absolute atomic E-state index is 0.00866. The maximum Gasteiger partial charge on any atom is 0.245 e. The van der Waals surface area contributed by atoms with Crippen LogP contribution in [0.2, 0.25) is 5.02 Å². The van der Waals surface area contributed by atoms with Crippen LogP contribution >= 0.6 is 27.5 Å². The summed E-state index contributed by atoms with van der Waals surface area (Å²) in [6.45, 7) is 0.00866. The highest BCUT2D eigenvalue weighted by Crippen LogP contribution is 2.26. The van der Waals surface area contributed by atoms with Gasteiger partial charge in [-0.15, -0.1) is 6.42 Å². The summed E-state index contributed by atoms with van der Waals surface area (Å²) in [6.07, 6.45) is 5.07. The molecule has 1 aromatic rings. The largest absolute Gasteiger partial charge is 0.245 e. The van der Waals surface area contributed by atoms with Crippen molar-refractivity contribution in [3.63, 3.8) is 0 Å². The predicted molar refractivity (Wildman–Crippen MR) is 67.8 cm³/mol. The highest BCUT2D eigenvalue weighted by atomic mass is 79.9. The number of rotatable bonds is 3. The lowest BCUT2D eigenvalue weighted by molar-refractivity contribution is 0.503. The molecule has 0 radical (unpaired) electrons. The van der Waals surface area contributed by atoms with Gasteiger partial charge in [-0.3, -0.25) is 0 Å². The zero-order valence-corrected chi connectivity index (χ0v) is 11.6. The third-order valence-electron chi connectivity index (χ3n) is 1.90. The highest BCUT2D eigenvalue weighted by molar-refractivity contribution is 9.10. The average Bonchev–Trinajstić information content (AvgIpc) is 2.17. The molecule has 16 heavy (non-hydrogen) atoms. The lowest BCUT2D eigenvalue weighted by Gasteiger charge is -2.15. The minimum atomic E-state index is -3.61. The van der Waals surface area contributed by atoms with E-state index in [9.17, 15) is 8.42 Å². The van der Waals surface area contributed by atoms with Gasteiger partial charge in [0.15, 0.2) is 0 Å². The van der Waals surface area contributed by atoms with Gasteiger partial charge < -0.3 is 0 Å². The average molecular weight is 323 g/mol. The van der Waals surface area contributed by atoms with E-state index in [2.05, 4.69) is 21.9 Å². The van der Waals surface area contributed by atoms with Crippen LogP contribution in [0.1, 0.15) is 0 Å². The molecule has 0 saturated carbocycles. The number of terminal acetylenes is 1. The van der Waals surface area contributed by atoms with Crippen molar-refractivity contribution in [2.24, 2.45) is 0 Å². The van der Waals surface area contributed by atoms with Gasteiger partial charge >= 0.3 is 0 Å². The van der Waals surface area contributed by atoms with Crippen molar-refractivity contribution < 1.29 is 8.42 Å². The second-order valence-corrected chi connectivity index (χ2v) is 6.38. The topological polar surface area (TPSA) is 37.4 Å². The molecule has 0 amide bonds. The van der Waals surface area contributed by atoms with Crippen LogP contribution < -0.4 is 0 Å². The molecule has 0 spiro atoms. The number of hydrogen-bond donors (Lipinski definition) is 0. The van der Waals surface area contributed by atoms with Crippen molar-refractivity contribution in [2.75, 3.05) is 13.6 Å². The molecule has 0 N–H and O–H groups in total. The highest BCUT2D eigenvalue weighted by Gasteiger charge is 2.22. The monoisotopic (exact) mass is 321 g/mol. The molecule has 0 bridgehead atoms. The van der Waals surface area contributed by atoms with Gasteiger partial charge in [-0.25, -0.2) is 8.42 Å². The summed E-state index contributed by atoms with van der Waals surface area (Å²) in [5, 5.41) is 0.165. The van der Waals surface area contributed by atoms with Crippen LogP contribution in [0, 0.1) is 12.3 Å². The number of hydrogen-bond acceptors (Lipinski definition) is 2. The molecule has 0 aromatic heterocycles. The van der Waals surface area contributed by atoms with Crippen LogP contribution in [-0.2, 0) is 10.0 Å². The van der Waals surface area contributed by atoms with Crippen molar-refractivity contribution >= 4 is 37.6 Å². The summed E-state index contributed by atoms with van der Waals surface area (Å²) in [4.78, 5) is 0.0510. The minimum Gasteiger partial charge on any atom is -0.207 e. The van der Waals surface area contributed by atoms with Crippen LogP contribution in [0.4, 0.5) is 0 Å². The zero-order chi connectivity index (χ0) is 12.3. The first kappa shape index (κ1) is 13.5. The molecule has 86 valence electrons. The Morgan fingerprint density at radius 3 is 2.69 bits per heavy atom.